The number of piperazine rings is 1. The number of halogens is 4. The first kappa shape index (κ1) is 23.7. The van der Waals surface area contributed by atoms with E-state index in [1.54, 1.807) is 17.2 Å². The van der Waals surface area contributed by atoms with Gasteiger partial charge in [0.2, 0.25) is 0 Å². The number of hydrogen-bond acceptors (Lipinski definition) is 6. The van der Waals surface area contributed by atoms with Crippen molar-refractivity contribution in [1.82, 2.24) is 19.4 Å². The topological polar surface area (TPSA) is 91.6 Å². The summed E-state index contributed by atoms with van der Waals surface area (Å²) >= 11 is 7.48. The minimum Gasteiger partial charge on any atom is -0.465 e. The van der Waals surface area contributed by atoms with Crippen LogP contribution in [0.25, 0.3) is 10.9 Å². The Kier molecular flexibility index (Phi) is 6.04. The van der Waals surface area contributed by atoms with E-state index in [0.717, 1.165) is 6.07 Å². The summed E-state index contributed by atoms with van der Waals surface area (Å²) in [5.41, 5.74) is -0.576. The van der Waals surface area contributed by atoms with Gasteiger partial charge in [-0.2, -0.15) is 18.2 Å². The molecule has 8 nitrogen and oxygen atoms in total. The molecule has 5 rings (SSSR count). The number of carbonyl (C=O) groups is 1. The Bertz CT molecular complexity index is 1360. The zero-order valence-electron chi connectivity index (χ0n) is 18.1. The molecule has 0 unspecified atom stereocenters. The zero-order valence-corrected chi connectivity index (χ0v) is 19.7. The number of benzene rings is 1. The van der Waals surface area contributed by atoms with E-state index in [4.69, 9.17) is 11.6 Å². The third-order valence-corrected chi connectivity index (χ3v) is 7.99. The van der Waals surface area contributed by atoms with Crippen molar-refractivity contribution in [2.24, 2.45) is 0 Å². The summed E-state index contributed by atoms with van der Waals surface area (Å²) in [6.45, 7) is 0.866. The number of amides is 1. The summed E-state index contributed by atoms with van der Waals surface area (Å²) in [7, 11) is 0. The zero-order chi connectivity index (χ0) is 24.9. The van der Waals surface area contributed by atoms with Crippen LogP contribution in [-0.4, -0.2) is 62.6 Å². The summed E-state index contributed by atoms with van der Waals surface area (Å²) in [4.78, 5) is 36.1. The standard InChI is InChI=1S/C22H19ClF3N5O3S/c23-16-14(22(24,25)26)9-13-17-18(16)35-11-12(15-3-1-2-4-27-15)10-31(17)20(32)28-19(13)29-5-7-30(8-6-29)21(33)34/h1-4,9,12H,5-8,10-11H2,(H,33,34)/t12-/m0/s1. The molecule has 0 saturated carbocycles. The molecule has 1 aromatic carbocycles. The van der Waals surface area contributed by atoms with Crippen LogP contribution < -0.4 is 10.6 Å². The van der Waals surface area contributed by atoms with Crippen molar-refractivity contribution in [2.45, 2.75) is 23.5 Å². The Balaban J connectivity index is 1.70. The minimum absolute atomic E-state index is 0.103. The van der Waals surface area contributed by atoms with E-state index in [2.05, 4.69) is 9.97 Å². The van der Waals surface area contributed by atoms with Crippen LogP contribution in [0.1, 0.15) is 17.2 Å². The van der Waals surface area contributed by atoms with E-state index in [1.165, 1.54) is 21.2 Å². The van der Waals surface area contributed by atoms with Crippen molar-refractivity contribution in [3.05, 3.63) is 57.2 Å². The van der Waals surface area contributed by atoms with Crippen LogP contribution >= 0.6 is 23.4 Å². The Labute approximate surface area is 206 Å². The molecule has 1 saturated heterocycles. The summed E-state index contributed by atoms with van der Waals surface area (Å²) in [5.74, 6) is 0.235. The predicted octanol–water partition coefficient (Wildman–Crippen LogP) is 4.15. The summed E-state index contributed by atoms with van der Waals surface area (Å²) < 4.78 is 43.3. The molecule has 0 spiro atoms. The largest absolute Gasteiger partial charge is 0.465 e. The van der Waals surface area contributed by atoms with Crippen LogP contribution in [0.5, 0.6) is 0 Å². The fourth-order valence-electron chi connectivity index (χ4n) is 4.48. The van der Waals surface area contributed by atoms with Gasteiger partial charge >= 0.3 is 18.0 Å². The van der Waals surface area contributed by atoms with E-state index in [9.17, 15) is 27.9 Å². The average molecular weight is 526 g/mol. The van der Waals surface area contributed by atoms with Gasteiger partial charge in [-0.15, -0.1) is 11.8 Å². The van der Waals surface area contributed by atoms with Crippen LogP contribution in [0, 0.1) is 0 Å². The quantitative estimate of drug-likeness (QED) is 0.537. The Morgan fingerprint density at radius 3 is 2.57 bits per heavy atom. The van der Waals surface area contributed by atoms with Crippen molar-refractivity contribution < 1.29 is 23.1 Å². The van der Waals surface area contributed by atoms with Crippen molar-refractivity contribution in [3.8, 4) is 0 Å². The molecule has 184 valence electrons. The molecule has 13 heteroatoms. The number of anilines is 1. The lowest BCUT2D eigenvalue weighted by atomic mass is 10.1. The Hall–Kier alpha value is -2.99. The van der Waals surface area contributed by atoms with Gasteiger partial charge in [0, 0.05) is 61.7 Å². The first-order valence-corrected chi connectivity index (χ1v) is 12.1. The number of nitrogens with zero attached hydrogens (tertiary/aromatic N) is 5. The fraction of sp³-hybridized carbons (Fsp3) is 0.364. The third-order valence-electron chi connectivity index (χ3n) is 6.23. The summed E-state index contributed by atoms with van der Waals surface area (Å²) in [6.07, 6.45) is -4.16. The molecule has 0 radical (unpaired) electrons. The van der Waals surface area contributed by atoms with E-state index in [0.29, 0.717) is 17.0 Å². The van der Waals surface area contributed by atoms with Crippen LogP contribution in [0.15, 0.2) is 40.2 Å². The molecule has 2 aromatic heterocycles. The number of pyridine rings is 1. The predicted molar refractivity (Wildman–Crippen MR) is 126 cm³/mol. The number of rotatable bonds is 2. The first-order chi connectivity index (χ1) is 16.6. The lowest BCUT2D eigenvalue weighted by molar-refractivity contribution is -0.137. The van der Waals surface area contributed by atoms with Gasteiger partial charge in [0.1, 0.15) is 5.82 Å². The van der Waals surface area contributed by atoms with Crippen LogP contribution in [0.2, 0.25) is 5.02 Å². The monoisotopic (exact) mass is 525 g/mol. The molecule has 1 fully saturated rings. The highest BCUT2D eigenvalue weighted by Crippen LogP contribution is 2.47. The van der Waals surface area contributed by atoms with Gasteiger partial charge in [-0.25, -0.2) is 9.59 Å². The first-order valence-electron chi connectivity index (χ1n) is 10.8. The van der Waals surface area contributed by atoms with Gasteiger partial charge in [0.05, 0.1) is 21.0 Å². The van der Waals surface area contributed by atoms with E-state index in [1.807, 2.05) is 12.1 Å². The van der Waals surface area contributed by atoms with Crippen molar-refractivity contribution in [1.29, 1.82) is 0 Å². The molecule has 1 N–H and O–H groups in total. The van der Waals surface area contributed by atoms with Crippen molar-refractivity contribution in [2.75, 3.05) is 36.8 Å². The Morgan fingerprint density at radius 2 is 1.94 bits per heavy atom. The number of alkyl halides is 3. The maximum Gasteiger partial charge on any atom is 0.417 e. The lowest BCUT2D eigenvalue weighted by Gasteiger charge is -2.34. The van der Waals surface area contributed by atoms with Gasteiger partial charge < -0.3 is 14.9 Å². The van der Waals surface area contributed by atoms with Gasteiger partial charge in [0.25, 0.3) is 0 Å². The molecular weight excluding hydrogens is 507 g/mol. The molecule has 2 aliphatic heterocycles. The second-order valence-electron chi connectivity index (χ2n) is 8.31. The molecule has 1 atom stereocenters. The number of hydrogen-bond donors (Lipinski definition) is 1. The molecule has 1 amide bonds. The summed E-state index contributed by atoms with van der Waals surface area (Å²) in [5, 5.41) is 8.94. The van der Waals surface area contributed by atoms with E-state index in [-0.39, 0.29) is 54.7 Å². The molecule has 2 aliphatic rings. The van der Waals surface area contributed by atoms with Crippen LogP contribution in [0.4, 0.5) is 23.8 Å². The maximum atomic E-state index is 14.0. The molecular formula is C22H19ClF3N5O3S. The second kappa shape index (κ2) is 8.90. The smallest absolute Gasteiger partial charge is 0.417 e. The number of aromatic nitrogens is 3. The highest BCUT2D eigenvalue weighted by atomic mass is 35.5. The maximum absolute atomic E-state index is 14.0. The lowest BCUT2D eigenvalue weighted by Crippen LogP contribution is -2.49. The Morgan fingerprint density at radius 1 is 1.20 bits per heavy atom. The van der Waals surface area contributed by atoms with Gasteiger partial charge in [-0.3, -0.25) is 9.55 Å². The van der Waals surface area contributed by atoms with E-state index < -0.39 is 28.5 Å². The SMILES string of the molecule is O=C(O)N1CCN(c2nc(=O)n3c4c(c(Cl)c(C(F)(F)F)cc24)SC[C@@H](c2ccccn2)C3)CC1. The highest BCUT2D eigenvalue weighted by molar-refractivity contribution is 7.99. The second-order valence-corrected chi connectivity index (χ2v) is 9.72. The number of thioether (sulfide) groups is 1. The number of carboxylic acid groups (broad SMARTS) is 1. The van der Waals surface area contributed by atoms with Gasteiger partial charge in [-0.05, 0) is 18.2 Å². The average Bonchev–Trinajstić information content (AvgIpc) is 3.04. The molecule has 35 heavy (non-hydrogen) atoms. The molecule has 3 aromatic rings. The van der Waals surface area contributed by atoms with Gasteiger partial charge in [0.15, 0.2) is 0 Å². The molecule has 0 bridgehead atoms. The summed E-state index contributed by atoms with van der Waals surface area (Å²) in [6, 6.07) is 6.34. The highest BCUT2D eigenvalue weighted by Gasteiger charge is 2.38. The minimum atomic E-state index is -4.71. The van der Waals surface area contributed by atoms with E-state index >= 15 is 0 Å². The third kappa shape index (κ3) is 4.29. The van der Waals surface area contributed by atoms with Crippen LogP contribution in [-0.2, 0) is 12.7 Å². The molecule has 4 heterocycles. The fourth-order valence-corrected chi connectivity index (χ4v) is 6.13. The normalized spacial score (nSPS) is 18.6. The van der Waals surface area contributed by atoms with Crippen molar-refractivity contribution in [3.63, 3.8) is 0 Å². The molecule has 0 aliphatic carbocycles. The van der Waals surface area contributed by atoms with Crippen molar-refractivity contribution >= 4 is 46.2 Å². The van der Waals surface area contributed by atoms with Crippen LogP contribution in [0.3, 0.4) is 0 Å². The van der Waals surface area contributed by atoms with Gasteiger partial charge in [-0.1, -0.05) is 17.7 Å².